The first-order valence-electron chi connectivity index (χ1n) is 4.81. The van der Waals surface area contributed by atoms with Gasteiger partial charge in [-0.05, 0) is 26.8 Å². The summed E-state index contributed by atoms with van der Waals surface area (Å²) in [5.41, 5.74) is 0. The van der Waals surface area contributed by atoms with Crippen LogP contribution in [-0.2, 0) is 4.79 Å². The molecule has 3 nitrogen and oxygen atoms in total. The van der Waals surface area contributed by atoms with Crippen LogP contribution in [0.4, 0.5) is 0 Å². The van der Waals surface area contributed by atoms with Crippen LogP contribution < -0.4 is 5.32 Å². The highest BCUT2D eigenvalue weighted by atomic mass is 16.2. The maximum absolute atomic E-state index is 11.8. The van der Waals surface area contributed by atoms with Crippen molar-refractivity contribution in [3.63, 3.8) is 0 Å². The Balaban J connectivity index is 2.64. The molecule has 0 aromatic heterocycles. The standard InChI is InChI=1S/C10H18N2O/c1-4-8(2)12-7-5-6-9(11-3)10(12)13/h4,8-9,11H,1,5-7H2,2-3H3. The van der Waals surface area contributed by atoms with Crippen molar-refractivity contribution in [2.24, 2.45) is 0 Å². The van der Waals surface area contributed by atoms with Crippen molar-refractivity contribution in [3.8, 4) is 0 Å². The molecular formula is C10H18N2O. The molecule has 0 saturated carbocycles. The minimum Gasteiger partial charge on any atom is -0.335 e. The molecule has 1 aliphatic rings. The molecule has 0 aromatic carbocycles. The van der Waals surface area contributed by atoms with Gasteiger partial charge in [-0.2, -0.15) is 0 Å². The maximum atomic E-state index is 11.8. The van der Waals surface area contributed by atoms with E-state index in [4.69, 9.17) is 0 Å². The predicted octanol–water partition coefficient (Wildman–Crippen LogP) is 0.771. The van der Waals surface area contributed by atoms with Crippen LogP contribution in [0.15, 0.2) is 12.7 Å². The lowest BCUT2D eigenvalue weighted by Crippen LogP contribution is -2.52. The van der Waals surface area contributed by atoms with E-state index in [1.165, 1.54) is 0 Å². The summed E-state index contributed by atoms with van der Waals surface area (Å²) in [5, 5.41) is 3.04. The molecule has 3 heteroatoms. The molecule has 1 amide bonds. The highest BCUT2D eigenvalue weighted by molar-refractivity contribution is 5.83. The zero-order valence-corrected chi connectivity index (χ0v) is 8.42. The zero-order chi connectivity index (χ0) is 9.84. The summed E-state index contributed by atoms with van der Waals surface area (Å²) in [4.78, 5) is 13.7. The third kappa shape index (κ3) is 2.10. The van der Waals surface area contributed by atoms with Crippen molar-refractivity contribution in [2.45, 2.75) is 31.8 Å². The Kier molecular flexibility index (Phi) is 3.48. The van der Waals surface area contributed by atoms with Gasteiger partial charge in [-0.1, -0.05) is 6.08 Å². The number of nitrogens with one attached hydrogen (secondary N) is 1. The Bertz CT molecular complexity index is 203. The summed E-state index contributed by atoms with van der Waals surface area (Å²) >= 11 is 0. The van der Waals surface area contributed by atoms with Gasteiger partial charge < -0.3 is 10.2 Å². The van der Waals surface area contributed by atoms with Crippen LogP contribution in [0.3, 0.4) is 0 Å². The van der Waals surface area contributed by atoms with Gasteiger partial charge in [-0.3, -0.25) is 4.79 Å². The predicted molar refractivity (Wildman–Crippen MR) is 53.5 cm³/mol. The second kappa shape index (κ2) is 4.42. The fourth-order valence-electron chi connectivity index (χ4n) is 1.70. The first-order valence-corrected chi connectivity index (χ1v) is 4.81. The van der Waals surface area contributed by atoms with Gasteiger partial charge >= 0.3 is 0 Å². The number of hydrogen-bond acceptors (Lipinski definition) is 2. The van der Waals surface area contributed by atoms with Crippen LogP contribution in [0.25, 0.3) is 0 Å². The summed E-state index contributed by atoms with van der Waals surface area (Å²) < 4.78 is 0. The molecule has 1 rings (SSSR count). The quantitative estimate of drug-likeness (QED) is 0.654. The molecule has 13 heavy (non-hydrogen) atoms. The van der Waals surface area contributed by atoms with E-state index in [1.54, 1.807) is 0 Å². The second-order valence-electron chi connectivity index (χ2n) is 3.49. The number of carbonyl (C=O) groups is 1. The molecule has 1 fully saturated rings. The molecule has 0 aliphatic carbocycles. The smallest absolute Gasteiger partial charge is 0.240 e. The molecule has 74 valence electrons. The van der Waals surface area contributed by atoms with Gasteiger partial charge in [0.2, 0.25) is 5.91 Å². The number of nitrogens with zero attached hydrogens (tertiary/aromatic N) is 1. The van der Waals surface area contributed by atoms with Gasteiger partial charge in [0.25, 0.3) is 0 Å². The Morgan fingerprint density at radius 2 is 2.46 bits per heavy atom. The zero-order valence-electron chi connectivity index (χ0n) is 8.42. The summed E-state index contributed by atoms with van der Waals surface area (Å²) in [6, 6.07) is 0.166. The van der Waals surface area contributed by atoms with E-state index in [-0.39, 0.29) is 18.0 Å². The lowest BCUT2D eigenvalue weighted by Gasteiger charge is -2.35. The number of rotatable bonds is 3. The minimum atomic E-state index is 0.0103. The summed E-state index contributed by atoms with van der Waals surface area (Å²) in [7, 11) is 1.84. The largest absolute Gasteiger partial charge is 0.335 e. The number of piperidine rings is 1. The molecule has 0 aromatic rings. The molecule has 0 radical (unpaired) electrons. The van der Waals surface area contributed by atoms with E-state index in [0.29, 0.717) is 0 Å². The SMILES string of the molecule is C=CC(C)N1CCCC(NC)C1=O. The Labute approximate surface area is 79.8 Å². The summed E-state index contributed by atoms with van der Waals surface area (Å²) in [6.07, 6.45) is 3.85. The topological polar surface area (TPSA) is 32.3 Å². The highest BCUT2D eigenvalue weighted by Gasteiger charge is 2.28. The van der Waals surface area contributed by atoms with Crippen molar-refractivity contribution in [2.75, 3.05) is 13.6 Å². The monoisotopic (exact) mass is 182 g/mol. The number of carbonyl (C=O) groups excluding carboxylic acids is 1. The third-order valence-electron chi connectivity index (χ3n) is 2.65. The van der Waals surface area contributed by atoms with Crippen LogP contribution in [0.2, 0.25) is 0 Å². The van der Waals surface area contributed by atoms with Gasteiger partial charge in [0.1, 0.15) is 0 Å². The minimum absolute atomic E-state index is 0.0103. The number of amides is 1. The van der Waals surface area contributed by atoms with Crippen molar-refractivity contribution in [1.82, 2.24) is 10.2 Å². The molecule has 1 heterocycles. The molecule has 1 aliphatic heterocycles. The Hall–Kier alpha value is -0.830. The molecule has 0 spiro atoms. The van der Waals surface area contributed by atoms with Gasteiger partial charge in [0, 0.05) is 12.6 Å². The number of likely N-dealkylation sites (N-methyl/N-ethyl adjacent to an activating group) is 1. The van der Waals surface area contributed by atoms with Crippen molar-refractivity contribution in [3.05, 3.63) is 12.7 Å². The average molecular weight is 182 g/mol. The maximum Gasteiger partial charge on any atom is 0.240 e. The number of hydrogen-bond donors (Lipinski definition) is 1. The van der Waals surface area contributed by atoms with E-state index in [2.05, 4.69) is 11.9 Å². The van der Waals surface area contributed by atoms with Crippen molar-refractivity contribution >= 4 is 5.91 Å². The average Bonchev–Trinajstić information content (AvgIpc) is 2.17. The Morgan fingerprint density at radius 1 is 1.77 bits per heavy atom. The van der Waals surface area contributed by atoms with Gasteiger partial charge in [0.15, 0.2) is 0 Å². The second-order valence-corrected chi connectivity index (χ2v) is 3.49. The lowest BCUT2D eigenvalue weighted by atomic mass is 10.0. The van der Waals surface area contributed by atoms with Crippen molar-refractivity contribution in [1.29, 1.82) is 0 Å². The summed E-state index contributed by atoms with van der Waals surface area (Å²) in [5.74, 6) is 0.209. The Morgan fingerprint density at radius 3 is 3.00 bits per heavy atom. The van der Waals surface area contributed by atoms with E-state index >= 15 is 0 Å². The highest BCUT2D eigenvalue weighted by Crippen LogP contribution is 2.14. The third-order valence-corrected chi connectivity index (χ3v) is 2.65. The fourth-order valence-corrected chi connectivity index (χ4v) is 1.70. The van der Waals surface area contributed by atoms with Gasteiger partial charge in [-0.25, -0.2) is 0 Å². The number of likely N-dealkylation sites (tertiary alicyclic amines) is 1. The molecular weight excluding hydrogens is 164 g/mol. The van der Waals surface area contributed by atoms with E-state index in [9.17, 15) is 4.79 Å². The molecule has 0 bridgehead atoms. The van der Waals surface area contributed by atoms with Gasteiger partial charge in [0.05, 0.1) is 6.04 Å². The van der Waals surface area contributed by atoms with Crippen LogP contribution in [0, 0.1) is 0 Å². The normalized spacial score (nSPS) is 25.8. The molecule has 2 unspecified atom stereocenters. The van der Waals surface area contributed by atoms with E-state index in [1.807, 2.05) is 24.9 Å². The van der Waals surface area contributed by atoms with Crippen LogP contribution in [0.5, 0.6) is 0 Å². The van der Waals surface area contributed by atoms with Crippen LogP contribution in [-0.4, -0.2) is 36.5 Å². The summed E-state index contributed by atoms with van der Waals surface area (Å²) in [6.45, 7) is 6.58. The lowest BCUT2D eigenvalue weighted by molar-refractivity contribution is -0.137. The van der Waals surface area contributed by atoms with Crippen LogP contribution in [0.1, 0.15) is 19.8 Å². The van der Waals surface area contributed by atoms with E-state index < -0.39 is 0 Å². The molecule has 1 saturated heterocycles. The first kappa shape index (κ1) is 10.3. The fraction of sp³-hybridized carbons (Fsp3) is 0.700. The first-order chi connectivity index (χ1) is 6.20. The molecule has 2 atom stereocenters. The molecule has 1 N–H and O–H groups in total. The van der Waals surface area contributed by atoms with Crippen molar-refractivity contribution < 1.29 is 4.79 Å². The van der Waals surface area contributed by atoms with Crippen LogP contribution >= 0.6 is 0 Å². The van der Waals surface area contributed by atoms with Gasteiger partial charge in [-0.15, -0.1) is 6.58 Å². The van der Waals surface area contributed by atoms with E-state index in [0.717, 1.165) is 19.4 Å².